The molecule has 0 spiro atoms. The molecule has 1 aromatic carbocycles. The van der Waals surface area contributed by atoms with Crippen molar-refractivity contribution < 1.29 is 4.79 Å². The fraction of sp³-hybridized carbons (Fsp3) is 0.533. The Hall–Kier alpha value is -1.51. The maximum absolute atomic E-state index is 12.0. The molecule has 1 fully saturated rings. The number of hydrogen-bond acceptors (Lipinski definition) is 2. The molecule has 1 amide bonds. The summed E-state index contributed by atoms with van der Waals surface area (Å²) >= 11 is 0. The second-order valence-corrected chi connectivity index (χ2v) is 5.45. The van der Waals surface area contributed by atoms with Crippen LogP contribution in [0.25, 0.3) is 0 Å². The van der Waals surface area contributed by atoms with Gasteiger partial charge in [-0.2, -0.15) is 0 Å². The van der Waals surface area contributed by atoms with Crippen molar-refractivity contribution in [3.8, 4) is 0 Å². The van der Waals surface area contributed by atoms with Crippen molar-refractivity contribution in [2.75, 3.05) is 18.4 Å². The molecule has 0 aromatic heterocycles. The molecule has 3 nitrogen and oxygen atoms in total. The summed E-state index contributed by atoms with van der Waals surface area (Å²) in [5.74, 6) is 0.0335. The SMILES string of the molecule is CCNc1ccc(C(=O)NCC2(C)CCC2)cc1. The highest BCUT2D eigenvalue weighted by molar-refractivity contribution is 5.94. The van der Waals surface area contributed by atoms with Crippen molar-refractivity contribution in [1.29, 1.82) is 0 Å². The van der Waals surface area contributed by atoms with Gasteiger partial charge in [0.15, 0.2) is 0 Å². The van der Waals surface area contributed by atoms with Gasteiger partial charge in [-0.1, -0.05) is 13.3 Å². The monoisotopic (exact) mass is 246 g/mol. The van der Waals surface area contributed by atoms with E-state index in [9.17, 15) is 4.79 Å². The van der Waals surface area contributed by atoms with E-state index < -0.39 is 0 Å². The first-order valence-corrected chi connectivity index (χ1v) is 6.75. The number of hydrogen-bond donors (Lipinski definition) is 2. The summed E-state index contributed by atoms with van der Waals surface area (Å²) in [5.41, 5.74) is 2.12. The molecule has 0 bridgehead atoms. The van der Waals surface area contributed by atoms with Crippen molar-refractivity contribution in [2.45, 2.75) is 33.1 Å². The van der Waals surface area contributed by atoms with Gasteiger partial charge in [-0.15, -0.1) is 0 Å². The summed E-state index contributed by atoms with van der Waals surface area (Å²) in [5, 5.41) is 6.25. The zero-order chi connectivity index (χ0) is 13.0. The van der Waals surface area contributed by atoms with Crippen LogP contribution >= 0.6 is 0 Å². The lowest BCUT2D eigenvalue weighted by Gasteiger charge is -2.38. The Kier molecular flexibility index (Phi) is 3.90. The van der Waals surface area contributed by atoms with E-state index in [4.69, 9.17) is 0 Å². The third-order valence-electron chi connectivity index (χ3n) is 3.76. The predicted molar refractivity (Wildman–Crippen MR) is 74.9 cm³/mol. The molecule has 1 aromatic rings. The number of amides is 1. The number of nitrogens with one attached hydrogen (secondary N) is 2. The molecule has 0 radical (unpaired) electrons. The molecule has 2 rings (SSSR count). The van der Waals surface area contributed by atoms with Gasteiger partial charge in [0.1, 0.15) is 0 Å². The number of anilines is 1. The van der Waals surface area contributed by atoms with E-state index in [0.29, 0.717) is 5.41 Å². The molecule has 0 heterocycles. The molecule has 18 heavy (non-hydrogen) atoms. The van der Waals surface area contributed by atoms with Crippen molar-refractivity contribution in [3.63, 3.8) is 0 Å². The van der Waals surface area contributed by atoms with Gasteiger partial charge in [0.2, 0.25) is 0 Å². The highest BCUT2D eigenvalue weighted by Gasteiger charge is 2.31. The zero-order valence-corrected chi connectivity index (χ0v) is 11.3. The van der Waals surface area contributed by atoms with Crippen molar-refractivity contribution in [1.82, 2.24) is 5.32 Å². The Labute approximate surface area is 109 Å². The van der Waals surface area contributed by atoms with E-state index in [2.05, 4.69) is 24.5 Å². The fourth-order valence-corrected chi connectivity index (χ4v) is 2.30. The van der Waals surface area contributed by atoms with Gasteiger partial charge in [-0.05, 0) is 49.4 Å². The largest absolute Gasteiger partial charge is 0.385 e. The molecule has 2 N–H and O–H groups in total. The average Bonchev–Trinajstić information content (AvgIpc) is 2.35. The van der Waals surface area contributed by atoms with Gasteiger partial charge >= 0.3 is 0 Å². The third kappa shape index (κ3) is 3.03. The van der Waals surface area contributed by atoms with Crippen LogP contribution in [0.4, 0.5) is 5.69 Å². The summed E-state index contributed by atoms with van der Waals surface area (Å²) in [7, 11) is 0. The van der Waals surface area contributed by atoms with E-state index in [1.807, 2.05) is 24.3 Å². The Balaban J connectivity index is 1.88. The molecule has 1 aliphatic carbocycles. The number of carbonyl (C=O) groups excluding carboxylic acids is 1. The average molecular weight is 246 g/mol. The third-order valence-corrected chi connectivity index (χ3v) is 3.76. The van der Waals surface area contributed by atoms with Gasteiger partial charge < -0.3 is 10.6 Å². The van der Waals surface area contributed by atoms with Crippen LogP contribution in [0, 0.1) is 5.41 Å². The van der Waals surface area contributed by atoms with Crippen LogP contribution in [0.1, 0.15) is 43.5 Å². The lowest BCUT2D eigenvalue weighted by molar-refractivity contribution is 0.0891. The lowest BCUT2D eigenvalue weighted by Crippen LogP contribution is -2.39. The first kappa shape index (κ1) is 12.9. The predicted octanol–water partition coefficient (Wildman–Crippen LogP) is 3.04. The molecular weight excluding hydrogens is 224 g/mol. The Morgan fingerprint density at radius 2 is 1.94 bits per heavy atom. The van der Waals surface area contributed by atoms with Crippen LogP contribution < -0.4 is 10.6 Å². The van der Waals surface area contributed by atoms with E-state index in [-0.39, 0.29) is 5.91 Å². The van der Waals surface area contributed by atoms with Gasteiger partial charge in [0.25, 0.3) is 5.91 Å². The minimum absolute atomic E-state index is 0.0335. The molecule has 0 aliphatic heterocycles. The van der Waals surface area contributed by atoms with E-state index in [0.717, 1.165) is 24.3 Å². The molecule has 0 unspecified atom stereocenters. The quantitative estimate of drug-likeness (QED) is 0.838. The van der Waals surface area contributed by atoms with Gasteiger partial charge in [0, 0.05) is 24.3 Å². The van der Waals surface area contributed by atoms with Gasteiger partial charge in [-0.3, -0.25) is 4.79 Å². The number of rotatable bonds is 5. The van der Waals surface area contributed by atoms with Crippen LogP contribution in [0.3, 0.4) is 0 Å². The van der Waals surface area contributed by atoms with E-state index >= 15 is 0 Å². The fourth-order valence-electron chi connectivity index (χ4n) is 2.30. The van der Waals surface area contributed by atoms with Crippen molar-refractivity contribution >= 4 is 11.6 Å². The Morgan fingerprint density at radius 3 is 2.44 bits per heavy atom. The first-order valence-electron chi connectivity index (χ1n) is 6.75. The molecule has 0 saturated heterocycles. The normalized spacial score (nSPS) is 16.8. The maximum Gasteiger partial charge on any atom is 0.251 e. The van der Waals surface area contributed by atoms with Crippen LogP contribution in [0.2, 0.25) is 0 Å². The highest BCUT2D eigenvalue weighted by atomic mass is 16.1. The summed E-state index contributed by atoms with van der Waals surface area (Å²) in [6.45, 7) is 5.98. The highest BCUT2D eigenvalue weighted by Crippen LogP contribution is 2.39. The summed E-state index contributed by atoms with van der Waals surface area (Å²) < 4.78 is 0. The Morgan fingerprint density at radius 1 is 1.28 bits per heavy atom. The molecule has 1 saturated carbocycles. The number of carbonyl (C=O) groups is 1. The van der Waals surface area contributed by atoms with Crippen LogP contribution in [0.15, 0.2) is 24.3 Å². The summed E-state index contributed by atoms with van der Waals surface area (Å²) in [6.07, 6.45) is 3.75. The van der Waals surface area contributed by atoms with Gasteiger partial charge in [-0.25, -0.2) is 0 Å². The second kappa shape index (κ2) is 5.42. The van der Waals surface area contributed by atoms with Crippen molar-refractivity contribution in [3.05, 3.63) is 29.8 Å². The van der Waals surface area contributed by atoms with Gasteiger partial charge in [0.05, 0.1) is 0 Å². The van der Waals surface area contributed by atoms with Crippen molar-refractivity contribution in [2.24, 2.45) is 5.41 Å². The summed E-state index contributed by atoms with van der Waals surface area (Å²) in [4.78, 5) is 12.0. The topological polar surface area (TPSA) is 41.1 Å². The van der Waals surface area contributed by atoms with Crippen LogP contribution in [0.5, 0.6) is 0 Å². The summed E-state index contributed by atoms with van der Waals surface area (Å²) in [6, 6.07) is 7.64. The van der Waals surface area contributed by atoms with E-state index in [1.165, 1.54) is 19.3 Å². The zero-order valence-electron chi connectivity index (χ0n) is 11.3. The smallest absolute Gasteiger partial charge is 0.251 e. The van der Waals surface area contributed by atoms with Crippen LogP contribution in [-0.2, 0) is 0 Å². The second-order valence-electron chi connectivity index (χ2n) is 5.45. The van der Waals surface area contributed by atoms with E-state index in [1.54, 1.807) is 0 Å². The molecule has 1 aliphatic rings. The lowest BCUT2D eigenvalue weighted by atomic mass is 9.70. The standard InChI is InChI=1S/C15H22N2O/c1-3-16-13-7-5-12(6-8-13)14(18)17-11-15(2)9-4-10-15/h5-8,16H,3-4,9-11H2,1-2H3,(H,17,18). The molecular formula is C15H22N2O. The minimum Gasteiger partial charge on any atom is -0.385 e. The van der Waals surface area contributed by atoms with Crippen LogP contribution in [-0.4, -0.2) is 19.0 Å². The first-order chi connectivity index (χ1) is 8.63. The molecule has 3 heteroatoms. The molecule has 98 valence electrons. The number of benzene rings is 1. The Bertz CT molecular complexity index is 407. The maximum atomic E-state index is 12.0. The minimum atomic E-state index is 0.0335. The molecule has 0 atom stereocenters.